The van der Waals surface area contributed by atoms with Crippen LogP contribution in [0.4, 0.5) is 33.7 Å². The van der Waals surface area contributed by atoms with Crippen LogP contribution in [0.5, 0.6) is 0 Å². The van der Waals surface area contributed by atoms with Gasteiger partial charge < -0.3 is 19.5 Å². The Balaban J connectivity index is 1.40. The van der Waals surface area contributed by atoms with Gasteiger partial charge in [0.2, 0.25) is 5.91 Å². The molecule has 1 aromatic carbocycles. The first-order chi connectivity index (χ1) is 17.2. The second kappa shape index (κ2) is 10.8. The average molecular weight is 514 g/mol. The van der Waals surface area contributed by atoms with Gasteiger partial charge in [0, 0.05) is 37.8 Å². The minimum absolute atomic E-state index is 0.000333. The molecule has 2 aromatic rings. The Morgan fingerprint density at radius 3 is 2.61 bits per heavy atom. The summed E-state index contributed by atoms with van der Waals surface area (Å²) in [5.74, 6) is -3.67. The molecule has 11 nitrogen and oxygen atoms in total. The molecule has 0 aliphatic carbocycles. The summed E-state index contributed by atoms with van der Waals surface area (Å²) in [6.45, 7) is 0.121. The van der Waals surface area contributed by atoms with E-state index in [4.69, 9.17) is 9.26 Å². The summed E-state index contributed by atoms with van der Waals surface area (Å²) in [6, 6.07) is 3.49. The first-order valence-corrected chi connectivity index (χ1v) is 10.9. The van der Waals surface area contributed by atoms with Crippen LogP contribution in [0.25, 0.3) is 0 Å². The van der Waals surface area contributed by atoms with Crippen LogP contribution >= 0.6 is 0 Å². The number of nitrogens with zero attached hydrogens (tertiary/aromatic N) is 4. The molecule has 36 heavy (non-hydrogen) atoms. The fourth-order valence-corrected chi connectivity index (χ4v) is 3.89. The van der Waals surface area contributed by atoms with Crippen LogP contribution in [-0.2, 0) is 20.7 Å². The van der Waals surface area contributed by atoms with Gasteiger partial charge in [-0.1, -0.05) is 5.16 Å². The number of benzene rings is 1. The number of cyclic esters (lactones) is 1. The molecule has 1 aromatic heterocycles. The Kier molecular flexibility index (Phi) is 7.57. The van der Waals surface area contributed by atoms with Gasteiger partial charge in [0.15, 0.2) is 11.6 Å². The molecule has 0 bridgehead atoms. The van der Waals surface area contributed by atoms with Crippen molar-refractivity contribution < 1.29 is 41.2 Å². The van der Waals surface area contributed by atoms with Crippen LogP contribution in [0.1, 0.15) is 5.69 Å². The summed E-state index contributed by atoms with van der Waals surface area (Å²) in [5, 5.41) is 6.98. The largest absolute Gasteiger partial charge is 0.442 e. The number of hydrogen-bond donors (Lipinski definition) is 2. The standard InChI is InChI=1S/C21H22F4N6O5/c22-15-8-13(30-11-14(36-21(30)34)10-26-20(33)19(24)25)9-16(23)18(15)29-3-2-27-31(5-4-29)17(32)7-12-1-6-35-28-12/h1,6,8-9,14,19,27H,2-5,7,10-11H2,(H,26,33)/t14-/m0/s1. The average Bonchev–Trinajstić information content (AvgIpc) is 3.40. The van der Waals surface area contributed by atoms with Crippen molar-refractivity contribution in [3.63, 3.8) is 0 Å². The number of carbonyl (C=O) groups excluding carboxylic acids is 3. The van der Waals surface area contributed by atoms with Crippen molar-refractivity contribution in [3.05, 3.63) is 41.8 Å². The number of nitrogens with one attached hydrogen (secondary N) is 2. The van der Waals surface area contributed by atoms with Crippen molar-refractivity contribution in [1.29, 1.82) is 0 Å². The van der Waals surface area contributed by atoms with E-state index in [0.717, 1.165) is 17.0 Å². The van der Waals surface area contributed by atoms with Gasteiger partial charge in [-0.25, -0.2) is 19.0 Å². The zero-order chi connectivity index (χ0) is 25.8. The third kappa shape index (κ3) is 5.67. The number of alkyl halides is 2. The number of ether oxygens (including phenoxy) is 1. The zero-order valence-electron chi connectivity index (χ0n) is 18.8. The van der Waals surface area contributed by atoms with E-state index in [1.807, 2.05) is 5.32 Å². The van der Waals surface area contributed by atoms with E-state index >= 15 is 8.78 Å². The predicted octanol–water partition coefficient (Wildman–Crippen LogP) is 1.06. The number of hydrazine groups is 1. The molecule has 2 fully saturated rings. The summed E-state index contributed by atoms with van der Waals surface area (Å²) in [4.78, 5) is 38.0. The smallest absolute Gasteiger partial charge is 0.414 e. The first-order valence-electron chi connectivity index (χ1n) is 10.9. The van der Waals surface area contributed by atoms with Gasteiger partial charge in [-0.15, -0.1) is 0 Å². The molecule has 3 heterocycles. The molecule has 0 unspecified atom stereocenters. The van der Waals surface area contributed by atoms with E-state index < -0.39 is 36.2 Å². The summed E-state index contributed by atoms with van der Waals surface area (Å²) in [5.41, 5.74) is 2.93. The van der Waals surface area contributed by atoms with Crippen molar-refractivity contribution in [2.75, 3.05) is 49.1 Å². The lowest BCUT2D eigenvalue weighted by molar-refractivity contribution is -0.133. The number of rotatable bonds is 7. The summed E-state index contributed by atoms with van der Waals surface area (Å²) in [6.07, 6.45) is -3.77. The van der Waals surface area contributed by atoms with E-state index in [1.54, 1.807) is 6.07 Å². The SMILES string of the molecule is O=C(NC[C@H]1CN(c2cc(F)c(N3CCNN(C(=O)Cc4ccon4)CC3)c(F)c2)C(=O)O1)C(F)F. The molecule has 1 atom stereocenters. The number of carbonyl (C=O) groups is 3. The molecule has 2 N–H and O–H groups in total. The van der Waals surface area contributed by atoms with E-state index in [-0.39, 0.29) is 63.0 Å². The topological polar surface area (TPSA) is 120 Å². The predicted molar refractivity (Wildman–Crippen MR) is 115 cm³/mol. The van der Waals surface area contributed by atoms with Gasteiger partial charge >= 0.3 is 12.5 Å². The fraction of sp³-hybridized carbons (Fsp3) is 0.429. The molecular weight excluding hydrogens is 492 g/mol. The molecule has 15 heteroatoms. The highest BCUT2D eigenvalue weighted by atomic mass is 19.3. The monoisotopic (exact) mass is 514 g/mol. The second-order valence-electron chi connectivity index (χ2n) is 8.03. The van der Waals surface area contributed by atoms with Crippen molar-refractivity contribution in [1.82, 2.24) is 20.9 Å². The Morgan fingerprint density at radius 1 is 1.19 bits per heavy atom. The highest BCUT2D eigenvalue weighted by Gasteiger charge is 2.34. The lowest BCUT2D eigenvalue weighted by atomic mass is 10.2. The zero-order valence-corrected chi connectivity index (χ0v) is 18.8. The number of anilines is 2. The Morgan fingerprint density at radius 2 is 1.94 bits per heavy atom. The highest BCUT2D eigenvalue weighted by Crippen LogP contribution is 2.31. The summed E-state index contributed by atoms with van der Waals surface area (Å²) >= 11 is 0. The maximum Gasteiger partial charge on any atom is 0.414 e. The minimum atomic E-state index is -3.22. The number of hydrogen-bond acceptors (Lipinski definition) is 8. The van der Waals surface area contributed by atoms with E-state index in [9.17, 15) is 23.2 Å². The van der Waals surface area contributed by atoms with Gasteiger partial charge in [-0.2, -0.15) is 8.78 Å². The number of aromatic nitrogens is 1. The van der Waals surface area contributed by atoms with Crippen LogP contribution in [0.3, 0.4) is 0 Å². The number of halogens is 4. The van der Waals surface area contributed by atoms with Gasteiger partial charge in [0.1, 0.15) is 18.1 Å². The van der Waals surface area contributed by atoms with E-state index in [2.05, 4.69) is 10.6 Å². The summed E-state index contributed by atoms with van der Waals surface area (Å²) < 4.78 is 64.4. The fourth-order valence-electron chi connectivity index (χ4n) is 3.89. The Labute approximate surface area is 201 Å². The van der Waals surface area contributed by atoms with Crippen molar-refractivity contribution in [3.8, 4) is 0 Å². The van der Waals surface area contributed by atoms with Gasteiger partial charge in [-0.3, -0.25) is 19.5 Å². The molecule has 194 valence electrons. The van der Waals surface area contributed by atoms with Crippen molar-refractivity contribution >= 4 is 29.3 Å². The second-order valence-corrected chi connectivity index (χ2v) is 8.03. The van der Waals surface area contributed by atoms with Crippen molar-refractivity contribution in [2.45, 2.75) is 19.0 Å². The van der Waals surface area contributed by atoms with Crippen LogP contribution in [0.2, 0.25) is 0 Å². The molecule has 2 aliphatic rings. The van der Waals surface area contributed by atoms with Crippen LogP contribution in [0.15, 0.2) is 29.0 Å². The Hall–Kier alpha value is -3.88. The molecular formula is C21H22F4N6O5. The number of amides is 3. The molecule has 2 aliphatic heterocycles. The van der Waals surface area contributed by atoms with Crippen LogP contribution < -0.4 is 20.5 Å². The van der Waals surface area contributed by atoms with Gasteiger partial charge in [0.25, 0.3) is 5.91 Å². The third-order valence-electron chi connectivity index (χ3n) is 5.61. The lowest BCUT2D eigenvalue weighted by Crippen LogP contribution is -2.44. The minimum Gasteiger partial charge on any atom is -0.442 e. The molecule has 3 amide bonds. The van der Waals surface area contributed by atoms with E-state index in [0.29, 0.717) is 5.69 Å². The molecule has 0 spiro atoms. The maximum absolute atomic E-state index is 15.0. The molecule has 0 radical (unpaired) electrons. The van der Waals surface area contributed by atoms with Gasteiger partial charge in [-0.05, 0) is 0 Å². The highest BCUT2D eigenvalue weighted by molar-refractivity contribution is 5.90. The van der Waals surface area contributed by atoms with Crippen LogP contribution in [-0.4, -0.2) is 79.9 Å². The Bertz CT molecular complexity index is 1100. The normalized spacial score (nSPS) is 18.4. The molecule has 2 saturated heterocycles. The summed E-state index contributed by atoms with van der Waals surface area (Å²) in [7, 11) is 0. The van der Waals surface area contributed by atoms with Crippen molar-refractivity contribution in [2.24, 2.45) is 0 Å². The quantitative estimate of drug-likeness (QED) is 0.527. The van der Waals surface area contributed by atoms with Gasteiger partial charge in [0.05, 0.1) is 37.4 Å². The lowest BCUT2D eigenvalue weighted by Gasteiger charge is -2.25. The van der Waals surface area contributed by atoms with E-state index in [1.165, 1.54) is 16.2 Å². The molecule has 0 saturated carbocycles. The molecule has 4 rings (SSSR count). The maximum atomic E-state index is 15.0. The first kappa shape index (κ1) is 25.2. The van der Waals surface area contributed by atoms with Crippen LogP contribution in [0, 0.1) is 11.6 Å². The third-order valence-corrected chi connectivity index (χ3v) is 5.61.